The van der Waals surface area contributed by atoms with Crippen molar-refractivity contribution in [1.82, 2.24) is 19.9 Å². The third-order valence-electron chi connectivity index (χ3n) is 14.3. The monoisotopic (exact) mass is 912 g/mol. The van der Waals surface area contributed by atoms with Crippen molar-refractivity contribution < 1.29 is 0 Å². The fourth-order valence-corrected chi connectivity index (χ4v) is 10.4. The van der Waals surface area contributed by atoms with Crippen LogP contribution in [0, 0.1) is 0 Å². The summed E-state index contributed by atoms with van der Waals surface area (Å²) in [6.07, 6.45) is 14.0. The number of nitrogens with zero attached hydrogens (tertiary/aromatic N) is 4. The van der Waals surface area contributed by atoms with Crippen LogP contribution < -0.4 is 0 Å². The Morgan fingerprint density at radius 2 is 0.859 bits per heavy atom. The molecular weight excluding hydrogens is 861 g/mol. The highest BCUT2D eigenvalue weighted by Crippen LogP contribution is 2.41. The molecule has 2 heterocycles. The van der Waals surface area contributed by atoms with Gasteiger partial charge < -0.3 is 0 Å². The summed E-state index contributed by atoms with van der Waals surface area (Å²) < 4.78 is 0. The summed E-state index contributed by atoms with van der Waals surface area (Å²) in [5, 5.41) is 0. The Labute approximate surface area is 416 Å². The van der Waals surface area contributed by atoms with Gasteiger partial charge in [0.05, 0.1) is 5.69 Å². The lowest BCUT2D eigenvalue weighted by atomic mass is 9.86. The van der Waals surface area contributed by atoms with Crippen LogP contribution in [0.2, 0.25) is 0 Å². The van der Waals surface area contributed by atoms with Gasteiger partial charge in [-0.2, -0.15) is 0 Å². The molecule has 0 aliphatic heterocycles. The second-order valence-corrected chi connectivity index (χ2v) is 19.6. The van der Waals surface area contributed by atoms with Crippen LogP contribution in [0.15, 0.2) is 237 Å². The van der Waals surface area contributed by atoms with E-state index in [-0.39, 0.29) is 5.41 Å². The van der Waals surface area contributed by atoms with Gasteiger partial charge in [-0.25, -0.2) is 15.0 Å². The number of rotatable bonds is 10. The topological polar surface area (TPSA) is 51.6 Å². The maximum Gasteiger partial charge on any atom is 0.165 e. The maximum absolute atomic E-state index is 5.31. The molecule has 0 amide bonds. The zero-order valence-corrected chi connectivity index (χ0v) is 40.0. The van der Waals surface area contributed by atoms with Gasteiger partial charge in [-0.05, 0) is 152 Å². The van der Waals surface area contributed by atoms with Gasteiger partial charge in [-0.3, -0.25) is 4.98 Å². The summed E-state index contributed by atoms with van der Waals surface area (Å²) in [6.45, 7) is 4.68. The van der Waals surface area contributed by atoms with Crippen LogP contribution >= 0.6 is 0 Å². The SMILES string of the molecule is CC1(C)CCc2cc(-c3ccc(-c4nc(-c5cccc(-c6cc(-c7ccccc7)cc(-c7ccccc7)c6)c5)nc(-c5cccc(-c6cc(-c7ccccc7)cc(C7C=CC=CC7)c6)c5)n4)cn3)ccc21. The van der Waals surface area contributed by atoms with Gasteiger partial charge >= 0.3 is 0 Å². The van der Waals surface area contributed by atoms with Crippen LogP contribution in [0.25, 0.3) is 101 Å². The summed E-state index contributed by atoms with van der Waals surface area (Å²) in [4.78, 5) is 20.8. The molecular formula is C67H52N4. The number of allylic oxidation sites excluding steroid dienone is 4. The molecule has 71 heavy (non-hydrogen) atoms. The van der Waals surface area contributed by atoms with Gasteiger partial charge in [0, 0.05) is 34.4 Å². The van der Waals surface area contributed by atoms with Gasteiger partial charge in [0.15, 0.2) is 17.5 Å². The Balaban J connectivity index is 0.970. The number of benzene rings is 8. The van der Waals surface area contributed by atoms with E-state index in [0.717, 1.165) is 74.2 Å². The fraction of sp³-hybridized carbons (Fsp3) is 0.104. The highest BCUT2D eigenvalue weighted by atomic mass is 15.0. The van der Waals surface area contributed by atoms with Crippen molar-refractivity contribution in [2.24, 2.45) is 0 Å². The summed E-state index contributed by atoms with van der Waals surface area (Å²) in [5.74, 6) is 2.06. The second kappa shape index (κ2) is 18.7. The van der Waals surface area contributed by atoms with Gasteiger partial charge in [-0.1, -0.05) is 190 Å². The molecule has 0 N–H and O–H groups in total. The molecule has 2 aliphatic carbocycles. The van der Waals surface area contributed by atoms with E-state index in [1.165, 1.54) is 45.4 Å². The highest BCUT2D eigenvalue weighted by molar-refractivity contribution is 5.83. The van der Waals surface area contributed by atoms with E-state index in [9.17, 15) is 0 Å². The molecule has 4 nitrogen and oxygen atoms in total. The summed E-state index contributed by atoms with van der Waals surface area (Å²) in [6, 6.07) is 74.0. The predicted molar refractivity (Wildman–Crippen MR) is 294 cm³/mol. The van der Waals surface area contributed by atoms with Crippen LogP contribution in [0.3, 0.4) is 0 Å². The van der Waals surface area contributed by atoms with Crippen molar-refractivity contribution in [3.8, 4) is 101 Å². The van der Waals surface area contributed by atoms with Crippen molar-refractivity contribution in [1.29, 1.82) is 0 Å². The maximum atomic E-state index is 5.31. The molecule has 8 aromatic carbocycles. The van der Waals surface area contributed by atoms with Crippen molar-refractivity contribution in [2.75, 3.05) is 0 Å². The average Bonchev–Trinajstić information content (AvgIpc) is 3.76. The summed E-state index contributed by atoms with van der Waals surface area (Å²) >= 11 is 0. The molecule has 2 aliphatic rings. The van der Waals surface area contributed by atoms with E-state index in [4.69, 9.17) is 19.9 Å². The fourth-order valence-electron chi connectivity index (χ4n) is 10.4. The lowest BCUT2D eigenvalue weighted by molar-refractivity contribution is 0.522. The highest BCUT2D eigenvalue weighted by Gasteiger charge is 2.29. The number of hydrogen-bond acceptors (Lipinski definition) is 4. The summed E-state index contributed by atoms with van der Waals surface area (Å²) in [7, 11) is 0. The molecule has 4 heteroatoms. The molecule has 10 aromatic rings. The van der Waals surface area contributed by atoms with Crippen molar-refractivity contribution >= 4 is 0 Å². The van der Waals surface area contributed by atoms with Gasteiger partial charge in [0.25, 0.3) is 0 Å². The molecule has 0 radical (unpaired) electrons. The molecule has 340 valence electrons. The second-order valence-electron chi connectivity index (χ2n) is 19.6. The first-order valence-electron chi connectivity index (χ1n) is 24.7. The first kappa shape index (κ1) is 43.7. The molecule has 1 atom stereocenters. The predicted octanol–water partition coefficient (Wildman–Crippen LogP) is 17.1. The van der Waals surface area contributed by atoms with E-state index in [1.54, 1.807) is 0 Å². The van der Waals surface area contributed by atoms with Gasteiger partial charge in [-0.15, -0.1) is 0 Å². The minimum atomic E-state index is 0.203. The Morgan fingerprint density at radius 3 is 1.38 bits per heavy atom. The molecule has 0 saturated carbocycles. The normalized spacial score (nSPS) is 14.6. The van der Waals surface area contributed by atoms with Crippen molar-refractivity contribution in [3.63, 3.8) is 0 Å². The van der Waals surface area contributed by atoms with E-state index < -0.39 is 0 Å². The van der Waals surface area contributed by atoms with Crippen LogP contribution in [0.1, 0.15) is 49.3 Å². The van der Waals surface area contributed by atoms with Crippen LogP contribution in [-0.2, 0) is 11.8 Å². The van der Waals surface area contributed by atoms with E-state index in [1.807, 2.05) is 6.20 Å². The zero-order chi connectivity index (χ0) is 47.7. The van der Waals surface area contributed by atoms with Gasteiger partial charge in [0.1, 0.15) is 0 Å². The zero-order valence-electron chi connectivity index (χ0n) is 40.0. The number of fused-ring (bicyclic) bond motifs is 1. The Bertz CT molecular complexity index is 3570. The van der Waals surface area contributed by atoms with Crippen LogP contribution in [0.4, 0.5) is 0 Å². The minimum Gasteiger partial charge on any atom is -0.255 e. The van der Waals surface area contributed by atoms with Crippen LogP contribution in [-0.4, -0.2) is 19.9 Å². The molecule has 12 rings (SSSR count). The molecule has 1 unspecified atom stereocenters. The average molecular weight is 913 g/mol. The minimum absolute atomic E-state index is 0.203. The smallest absolute Gasteiger partial charge is 0.165 e. The molecule has 0 spiro atoms. The van der Waals surface area contributed by atoms with E-state index >= 15 is 0 Å². The van der Waals surface area contributed by atoms with E-state index in [0.29, 0.717) is 23.4 Å². The number of aryl methyl sites for hydroxylation is 1. The largest absolute Gasteiger partial charge is 0.255 e. The number of aromatic nitrogens is 4. The molecule has 0 saturated heterocycles. The van der Waals surface area contributed by atoms with Crippen LogP contribution in [0.5, 0.6) is 0 Å². The van der Waals surface area contributed by atoms with Crippen molar-refractivity contribution in [2.45, 2.75) is 44.4 Å². The lowest BCUT2D eigenvalue weighted by Crippen LogP contribution is -2.11. The lowest BCUT2D eigenvalue weighted by Gasteiger charge is -2.18. The van der Waals surface area contributed by atoms with E-state index in [2.05, 4.69) is 244 Å². The van der Waals surface area contributed by atoms with Gasteiger partial charge in [0.2, 0.25) is 0 Å². The first-order valence-corrected chi connectivity index (χ1v) is 24.7. The third kappa shape index (κ3) is 9.09. The molecule has 0 bridgehead atoms. The third-order valence-corrected chi connectivity index (χ3v) is 14.3. The Morgan fingerprint density at radius 1 is 0.394 bits per heavy atom. The quantitative estimate of drug-likeness (QED) is 0.137. The summed E-state index contributed by atoms with van der Waals surface area (Å²) in [5.41, 5.74) is 20.5. The molecule has 2 aromatic heterocycles. The molecule has 0 fully saturated rings. The number of pyridine rings is 1. The Hall–Kier alpha value is -8.60. The standard InChI is InChI=1S/C67H52N4/c1-67(2)34-33-51-37-52(29-31-62(51)67)63-32-30-55(44-68-63)66-70-64(53-27-15-25-49(35-53)60-40-56(45-17-7-3-8-18-45)38-57(41-60)46-19-9-4-10-20-46)69-65(71-66)54-28-16-26-50(36-54)61-42-58(47-21-11-5-12-22-47)39-59(43-61)48-23-13-6-14-24-48/h3-23,25-32,35-44,48H,24,33-34H2,1-2H3. The Kier molecular flexibility index (Phi) is 11.5. The number of hydrogen-bond donors (Lipinski definition) is 0. The van der Waals surface area contributed by atoms with Crippen molar-refractivity contribution in [3.05, 3.63) is 253 Å². The first-order chi connectivity index (χ1) is 34.9.